The average molecular weight is 592 g/mol. The topological polar surface area (TPSA) is 90.4 Å². The van der Waals surface area contributed by atoms with Crippen molar-refractivity contribution in [3.05, 3.63) is 84.4 Å². The Kier molecular flexibility index (Phi) is 8.09. The maximum absolute atomic E-state index is 14.7. The summed E-state index contributed by atoms with van der Waals surface area (Å²) in [6, 6.07) is 13.6. The molecular weight excluding hydrogens is 554 g/mol. The van der Waals surface area contributed by atoms with Crippen molar-refractivity contribution in [3.63, 3.8) is 0 Å². The first-order chi connectivity index (χ1) is 20.1. The first kappa shape index (κ1) is 30.0. The maximum atomic E-state index is 14.7. The largest absolute Gasteiger partial charge is 0.395 e. The molecule has 3 amide bonds. The van der Waals surface area contributed by atoms with Gasteiger partial charge in [-0.2, -0.15) is 0 Å². The van der Waals surface area contributed by atoms with Crippen LogP contribution in [-0.4, -0.2) is 71.2 Å². The number of hydrogen-bond acceptors (Lipinski definition) is 5. The van der Waals surface area contributed by atoms with E-state index in [-0.39, 0.29) is 49.9 Å². The number of carbonyl (C=O) groups excluding carboxylic acids is 3. The minimum atomic E-state index is -1.26. The number of β-amino-alcohol motifs (C(OH)–C–C–N with tert-alkyl or cyclic N) is 1. The number of amides is 3. The second-order valence-corrected chi connectivity index (χ2v) is 12.1. The molecule has 1 N–H and O–H groups in total. The Morgan fingerprint density at radius 3 is 2.38 bits per heavy atom. The Labute approximate surface area is 252 Å². The fraction of sp³-hybridized carbons (Fsp3) is 0.424. The zero-order valence-electron chi connectivity index (χ0n) is 24.3. The molecule has 3 heterocycles. The summed E-state index contributed by atoms with van der Waals surface area (Å²) in [5, 5.41) is 10.4. The van der Waals surface area contributed by atoms with Crippen molar-refractivity contribution in [1.29, 1.82) is 0 Å². The predicted molar refractivity (Wildman–Crippen MR) is 163 cm³/mol. The van der Waals surface area contributed by atoms with E-state index in [9.17, 15) is 19.5 Å². The molecule has 3 aliphatic rings. The molecule has 0 radical (unpaired) electrons. The lowest BCUT2D eigenvalue weighted by atomic mass is 9.62. The number of aliphatic hydroxyl groups excluding tert-OH is 1. The summed E-state index contributed by atoms with van der Waals surface area (Å²) in [4.78, 5) is 48.1. The van der Waals surface area contributed by atoms with Crippen LogP contribution in [-0.2, 0) is 19.1 Å². The maximum Gasteiger partial charge on any atom is 0.253 e. The number of rotatable bonds is 10. The van der Waals surface area contributed by atoms with Gasteiger partial charge >= 0.3 is 0 Å². The van der Waals surface area contributed by atoms with Crippen molar-refractivity contribution in [2.75, 3.05) is 36.0 Å². The Bertz CT molecular complexity index is 1400. The van der Waals surface area contributed by atoms with Crippen LogP contribution in [0.4, 0.5) is 11.4 Å². The molecule has 42 heavy (non-hydrogen) atoms. The first-order valence-corrected chi connectivity index (χ1v) is 14.7. The number of aryl methyl sites for hydroxylation is 1. The summed E-state index contributed by atoms with van der Waals surface area (Å²) < 4.78 is 6.86. The fourth-order valence-electron chi connectivity index (χ4n) is 7.50. The number of fused-ring (bicyclic) bond motifs is 1. The highest BCUT2D eigenvalue weighted by molar-refractivity contribution is 6.34. The third-order valence-electron chi connectivity index (χ3n) is 9.34. The highest BCUT2D eigenvalue weighted by Crippen LogP contribution is 2.65. The molecule has 1 spiro atoms. The molecule has 0 saturated carbocycles. The van der Waals surface area contributed by atoms with Crippen molar-refractivity contribution < 1.29 is 24.2 Å². The van der Waals surface area contributed by atoms with Crippen molar-refractivity contribution >= 4 is 40.7 Å². The molecule has 9 heteroatoms. The molecule has 3 aliphatic heterocycles. The Hall–Kier alpha value is -3.46. The second kappa shape index (κ2) is 11.3. The Morgan fingerprint density at radius 2 is 1.76 bits per heavy atom. The number of ether oxygens (including phenoxy) is 1. The van der Waals surface area contributed by atoms with E-state index in [1.54, 1.807) is 23.1 Å². The van der Waals surface area contributed by atoms with Crippen LogP contribution in [0, 0.1) is 24.7 Å². The van der Waals surface area contributed by atoms with Gasteiger partial charge in [-0.25, -0.2) is 0 Å². The molecule has 3 fully saturated rings. The lowest BCUT2D eigenvalue weighted by molar-refractivity contribution is -0.146. The molecule has 2 aromatic rings. The number of aliphatic hydroxyl groups is 1. The highest BCUT2D eigenvalue weighted by Gasteiger charge is 2.80. The van der Waals surface area contributed by atoms with Crippen molar-refractivity contribution in [1.82, 2.24) is 4.90 Å². The molecule has 2 aromatic carbocycles. The van der Waals surface area contributed by atoms with Crippen LogP contribution in [0.25, 0.3) is 0 Å². The average Bonchev–Trinajstić information content (AvgIpc) is 3.47. The van der Waals surface area contributed by atoms with Gasteiger partial charge in [-0.3, -0.25) is 14.4 Å². The zero-order valence-corrected chi connectivity index (χ0v) is 25.1. The van der Waals surface area contributed by atoms with Gasteiger partial charge in [0.2, 0.25) is 11.8 Å². The van der Waals surface area contributed by atoms with Gasteiger partial charge in [-0.1, -0.05) is 61.0 Å². The van der Waals surface area contributed by atoms with E-state index >= 15 is 0 Å². The summed E-state index contributed by atoms with van der Waals surface area (Å²) >= 11 is 6.62. The van der Waals surface area contributed by atoms with Crippen LogP contribution in [0.1, 0.15) is 25.8 Å². The molecule has 0 aromatic heterocycles. The quantitative estimate of drug-likeness (QED) is 0.414. The van der Waals surface area contributed by atoms with E-state index in [1.807, 2.05) is 63.2 Å². The van der Waals surface area contributed by atoms with Gasteiger partial charge in [-0.05, 0) is 49.9 Å². The van der Waals surface area contributed by atoms with Crippen molar-refractivity contribution in [2.45, 2.75) is 44.4 Å². The number of nitrogens with zero attached hydrogens (tertiary/aromatic N) is 3. The van der Waals surface area contributed by atoms with Crippen LogP contribution in [0.15, 0.2) is 73.8 Å². The molecule has 2 bridgehead atoms. The van der Waals surface area contributed by atoms with E-state index < -0.39 is 29.1 Å². The summed E-state index contributed by atoms with van der Waals surface area (Å²) in [5.41, 5.74) is -0.243. The zero-order chi connectivity index (χ0) is 30.4. The monoisotopic (exact) mass is 591 g/mol. The number of anilines is 2. The molecular formula is C33H38ClN3O5. The number of para-hydroxylation sites is 2. The molecule has 6 atom stereocenters. The van der Waals surface area contributed by atoms with Crippen molar-refractivity contribution in [2.24, 2.45) is 17.8 Å². The van der Waals surface area contributed by atoms with Gasteiger partial charge in [0, 0.05) is 25.3 Å². The van der Waals surface area contributed by atoms with E-state index in [0.29, 0.717) is 22.8 Å². The van der Waals surface area contributed by atoms with Gasteiger partial charge in [0.15, 0.2) is 0 Å². The lowest BCUT2D eigenvalue weighted by Gasteiger charge is -2.39. The summed E-state index contributed by atoms with van der Waals surface area (Å²) in [7, 11) is 0. The van der Waals surface area contributed by atoms with Gasteiger partial charge in [-0.15, -0.1) is 13.2 Å². The standard InChI is InChI=1S/C33H38ClN3O5/c1-6-16-35(23-13-9-8-10-14-23)29(39)25-26-30(40)37(18-19-38)28(33(26)20-22(4)32(25,5)42-33)31(41)36(17-7-2)27-21(3)12-11-15-24(27)34/h6-15,22,25-26,28,38H,1-2,16-20H2,3-5H3/t22?,25-,26+,28?,32+,33?/m1/s1. The van der Waals surface area contributed by atoms with Gasteiger partial charge in [0.1, 0.15) is 11.6 Å². The van der Waals surface area contributed by atoms with Crippen LogP contribution in [0.5, 0.6) is 0 Å². The van der Waals surface area contributed by atoms with Crippen LogP contribution >= 0.6 is 11.6 Å². The number of carbonyl (C=O) groups is 3. The molecule has 5 rings (SSSR count). The van der Waals surface area contributed by atoms with E-state index in [2.05, 4.69) is 13.2 Å². The van der Waals surface area contributed by atoms with Gasteiger partial charge < -0.3 is 24.5 Å². The fourth-order valence-corrected chi connectivity index (χ4v) is 7.83. The Morgan fingerprint density at radius 1 is 1.10 bits per heavy atom. The third kappa shape index (κ3) is 4.39. The summed E-state index contributed by atoms with van der Waals surface area (Å²) in [5.74, 6) is -2.87. The predicted octanol–water partition coefficient (Wildman–Crippen LogP) is 4.39. The SMILES string of the molecule is C=CCN(C(=O)[C@H]1[C@H]2C(=O)N(CCO)C(C(=O)N(CC=C)c3c(C)cccc3Cl)C23CC(C)[C@]1(C)O3)c1ccccc1. The van der Waals surface area contributed by atoms with Crippen LogP contribution in [0.3, 0.4) is 0 Å². The van der Waals surface area contributed by atoms with E-state index in [1.165, 1.54) is 9.80 Å². The smallest absolute Gasteiger partial charge is 0.253 e. The Balaban J connectivity index is 1.63. The second-order valence-electron chi connectivity index (χ2n) is 11.7. The lowest BCUT2D eigenvalue weighted by Crippen LogP contribution is -2.57. The third-order valence-corrected chi connectivity index (χ3v) is 9.64. The van der Waals surface area contributed by atoms with Gasteiger partial charge in [0.25, 0.3) is 5.91 Å². The number of hydrogen-bond donors (Lipinski definition) is 1. The van der Waals surface area contributed by atoms with Crippen LogP contribution < -0.4 is 9.80 Å². The molecule has 0 aliphatic carbocycles. The number of likely N-dealkylation sites (tertiary alicyclic amines) is 1. The molecule has 3 saturated heterocycles. The highest BCUT2D eigenvalue weighted by atomic mass is 35.5. The van der Waals surface area contributed by atoms with Crippen molar-refractivity contribution in [3.8, 4) is 0 Å². The first-order valence-electron chi connectivity index (χ1n) is 14.3. The van der Waals surface area contributed by atoms with E-state index in [4.69, 9.17) is 16.3 Å². The minimum absolute atomic E-state index is 0.0681. The summed E-state index contributed by atoms with van der Waals surface area (Å²) in [6.07, 6.45) is 3.68. The number of halogens is 1. The molecule has 222 valence electrons. The summed E-state index contributed by atoms with van der Waals surface area (Å²) in [6.45, 7) is 13.4. The van der Waals surface area contributed by atoms with Gasteiger partial charge in [0.05, 0.1) is 34.8 Å². The number of benzene rings is 2. The minimum Gasteiger partial charge on any atom is -0.395 e. The molecule has 3 unspecified atom stereocenters. The molecule has 8 nitrogen and oxygen atoms in total. The van der Waals surface area contributed by atoms with Crippen LogP contribution in [0.2, 0.25) is 5.02 Å². The normalized spacial score (nSPS) is 29.4. The van der Waals surface area contributed by atoms with E-state index in [0.717, 1.165) is 5.56 Å².